The summed E-state index contributed by atoms with van der Waals surface area (Å²) in [7, 11) is 0. The first-order valence-electron chi connectivity index (χ1n) is 6.80. The van der Waals surface area contributed by atoms with E-state index >= 15 is 0 Å². The molecule has 3 nitrogen and oxygen atoms in total. The van der Waals surface area contributed by atoms with E-state index in [0.29, 0.717) is 13.2 Å². The van der Waals surface area contributed by atoms with Crippen LogP contribution in [0.5, 0.6) is 5.75 Å². The summed E-state index contributed by atoms with van der Waals surface area (Å²) in [6, 6.07) is 6.04. The Balaban J connectivity index is 1.85. The quantitative estimate of drug-likeness (QED) is 0.855. The lowest BCUT2D eigenvalue weighted by molar-refractivity contribution is 0.0996. The molecule has 0 saturated carbocycles. The molecule has 19 heavy (non-hydrogen) atoms. The fourth-order valence-electron chi connectivity index (χ4n) is 2.07. The number of β-amino-alcohol motifs (C(OH)–C–C–N with tert-alkyl or cyclic N) is 1. The van der Waals surface area contributed by atoms with Crippen LogP contribution in [0.2, 0.25) is 0 Å². The molecule has 0 bridgehead atoms. The highest BCUT2D eigenvalue weighted by Gasteiger charge is 2.15. The molecule has 1 atom stereocenters. The summed E-state index contributed by atoms with van der Waals surface area (Å²) in [5.41, 5.74) is 2.46. The zero-order valence-corrected chi connectivity index (χ0v) is 11.9. The number of benzene rings is 1. The van der Waals surface area contributed by atoms with Crippen LogP contribution in [0.3, 0.4) is 0 Å². The highest BCUT2D eigenvalue weighted by Crippen LogP contribution is 2.28. The molecule has 0 saturated heterocycles. The third-order valence-electron chi connectivity index (χ3n) is 3.09. The lowest BCUT2D eigenvalue weighted by atomic mass is 10.1. The van der Waals surface area contributed by atoms with Crippen LogP contribution in [0.25, 0.3) is 6.08 Å². The van der Waals surface area contributed by atoms with Crippen molar-refractivity contribution in [2.45, 2.75) is 38.8 Å². The molecule has 0 amide bonds. The first-order valence-corrected chi connectivity index (χ1v) is 6.80. The summed E-state index contributed by atoms with van der Waals surface area (Å²) in [6.07, 6.45) is 4.67. The highest BCUT2D eigenvalue weighted by atomic mass is 16.5. The fraction of sp³-hybridized carbons (Fsp3) is 0.500. The van der Waals surface area contributed by atoms with Crippen molar-refractivity contribution in [1.82, 2.24) is 5.32 Å². The minimum atomic E-state index is -0.496. The van der Waals surface area contributed by atoms with Crippen molar-refractivity contribution < 1.29 is 9.84 Å². The maximum absolute atomic E-state index is 9.92. The standard InChI is InChI=1S/C16H23NO2/c1-16(2,3)17-10-13(18)11-19-15-9-5-7-12-6-4-8-14(12)15/h4-7,9,13,17-18H,8,10-11H2,1-3H3/t13-/m0/s1. The van der Waals surface area contributed by atoms with Gasteiger partial charge in [0.2, 0.25) is 0 Å². The van der Waals surface area contributed by atoms with Crippen molar-refractivity contribution >= 4 is 6.08 Å². The second-order valence-electron chi connectivity index (χ2n) is 6.03. The molecule has 0 heterocycles. The summed E-state index contributed by atoms with van der Waals surface area (Å²) in [5, 5.41) is 13.2. The van der Waals surface area contributed by atoms with Gasteiger partial charge in [0, 0.05) is 17.6 Å². The lowest BCUT2D eigenvalue weighted by Crippen LogP contribution is -2.42. The molecular weight excluding hydrogens is 238 g/mol. The van der Waals surface area contributed by atoms with Crippen molar-refractivity contribution in [1.29, 1.82) is 0 Å². The van der Waals surface area contributed by atoms with Gasteiger partial charge in [-0.05, 0) is 38.8 Å². The summed E-state index contributed by atoms with van der Waals surface area (Å²) in [6.45, 7) is 7.10. The number of ether oxygens (including phenoxy) is 1. The van der Waals surface area contributed by atoms with Gasteiger partial charge in [-0.25, -0.2) is 0 Å². The van der Waals surface area contributed by atoms with Crippen molar-refractivity contribution in [3.05, 3.63) is 35.4 Å². The van der Waals surface area contributed by atoms with Crippen LogP contribution < -0.4 is 10.1 Å². The maximum Gasteiger partial charge on any atom is 0.123 e. The van der Waals surface area contributed by atoms with E-state index in [-0.39, 0.29) is 5.54 Å². The van der Waals surface area contributed by atoms with E-state index < -0.39 is 6.10 Å². The van der Waals surface area contributed by atoms with E-state index in [9.17, 15) is 5.11 Å². The zero-order chi connectivity index (χ0) is 13.9. The van der Waals surface area contributed by atoms with E-state index in [1.54, 1.807) is 0 Å². The van der Waals surface area contributed by atoms with Gasteiger partial charge in [0.1, 0.15) is 18.5 Å². The fourth-order valence-corrected chi connectivity index (χ4v) is 2.07. The number of hydrogen-bond donors (Lipinski definition) is 2. The molecule has 0 aliphatic heterocycles. The molecule has 2 N–H and O–H groups in total. The molecule has 3 heteroatoms. The van der Waals surface area contributed by atoms with Crippen molar-refractivity contribution in [2.75, 3.05) is 13.2 Å². The Kier molecular flexibility index (Phi) is 4.27. The van der Waals surface area contributed by atoms with Gasteiger partial charge in [-0.3, -0.25) is 0 Å². The van der Waals surface area contributed by atoms with E-state index in [1.807, 2.05) is 12.1 Å². The van der Waals surface area contributed by atoms with Gasteiger partial charge in [-0.2, -0.15) is 0 Å². The molecule has 1 aromatic carbocycles. The van der Waals surface area contributed by atoms with Crippen LogP contribution in [-0.4, -0.2) is 29.9 Å². The van der Waals surface area contributed by atoms with Crippen molar-refractivity contribution in [3.63, 3.8) is 0 Å². The van der Waals surface area contributed by atoms with Gasteiger partial charge in [-0.15, -0.1) is 0 Å². The number of nitrogens with one attached hydrogen (secondary N) is 1. The summed E-state index contributed by atoms with van der Waals surface area (Å²) >= 11 is 0. The van der Waals surface area contributed by atoms with Gasteiger partial charge in [0.15, 0.2) is 0 Å². The Bertz CT molecular complexity index is 460. The molecule has 0 unspecified atom stereocenters. The maximum atomic E-state index is 9.92. The Labute approximate surface area is 115 Å². The first kappa shape index (κ1) is 14.1. The predicted octanol–water partition coefficient (Wildman–Crippen LogP) is 2.38. The Morgan fingerprint density at radius 3 is 2.89 bits per heavy atom. The van der Waals surface area contributed by atoms with E-state index in [2.05, 4.69) is 44.3 Å². The Morgan fingerprint density at radius 2 is 2.16 bits per heavy atom. The first-order chi connectivity index (χ1) is 8.96. The molecule has 104 valence electrons. The number of aliphatic hydroxyl groups excluding tert-OH is 1. The van der Waals surface area contributed by atoms with Crippen LogP contribution in [-0.2, 0) is 6.42 Å². The van der Waals surface area contributed by atoms with Crippen molar-refractivity contribution in [3.8, 4) is 5.75 Å². The number of hydrogen-bond acceptors (Lipinski definition) is 3. The summed E-state index contributed by atoms with van der Waals surface area (Å²) < 4.78 is 5.75. The second-order valence-corrected chi connectivity index (χ2v) is 6.03. The summed E-state index contributed by atoms with van der Waals surface area (Å²) in [4.78, 5) is 0. The minimum Gasteiger partial charge on any atom is -0.491 e. The number of aliphatic hydroxyl groups is 1. The lowest BCUT2D eigenvalue weighted by Gasteiger charge is -2.23. The summed E-state index contributed by atoms with van der Waals surface area (Å²) in [5.74, 6) is 0.886. The van der Waals surface area contributed by atoms with Crippen LogP contribution in [0, 0.1) is 0 Å². The highest BCUT2D eigenvalue weighted by molar-refractivity contribution is 5.63. The third kappa shape index (κ3) is 4.08. The molecule has 0 spiro atoms. The van der Waals surface area contributed by atoms with E-state index in [0.717, 1.165) is 12.2 Å². The van der Waals surface area contributed by atoms with E-state index in [4.69, 9.17) is 4.74 Å². The van der Waals surface area contributed by atoms with Gasteiger partial charge in [-0.1, -0.05) is 24.3 Å². The molecule has 0 aromatic heterocycles. The molecule has 0 fully saturated rings. The molecular formula is C16H23NO2. The predicted molar refractivity (Wildman–Crippen MR) is 78.4 cm³/mol. The molecule has 1 aromatic rings. The Morgan fingerprint density at radius 1 is 1.37 bits per heavy atom. The van der Waals surface area contributed by atoms with Gasteiger partial charge < -0.3 is 15.2 Å². The Hall–Kier alpha value is -1.32. The second kappa shape index (κ2) is 5.76. The molecule has 2 rings (SSSR count). The van der Waals surface area contributed by atoms with Crippen LogP contribution in [0.15, 0.2) is 24.3 Å². The number of allylic oxidation sites excluding steroid dienone is 1. The van der Waals surface area contributed by atoms with Gasteiger partial charge in [0.05, 0.1) is 0 Å². The van der Waals surface area contributed by atoms with Crippen LogP contribution in [0.4, 0.5) is 0 Å². The average molecular weight is 261 g/mol. The average Bonchev–Trinajstić information content (AvgIpc) is 2.81. The molecule has 1 aliphatic carbocycles. The minimum absolute atomic E-state index is 0.0128. The molecule has 1 aliphatic rings. The van der Waals surface area contributed by atoms with Gasteiger partial charge in [0.25, 0.3) is 0 Å². The normalized spacial score (nSPS) is 15.4. The van der Waals surface area contributed by atoms with Crippen LogP contribution >= 0.6 is 0 Å². The largest absolute Gasteiger partial charge is 0.491 e. The molecule has 0 radical (unpaired) electrons. The third-order valence-corrected chi connectivity index (χ3v) is 3.09. The topological polar surface area (TPSA) is 41.5 Å². The zero-order valence-electron chi connectivity index (χ0n) is 11.9. The number of fused-ring (bicyclic) bond motifs is 1. The monoisotopic (exact) mass is 261 g/mol. The van der Waals surface area contributed by atoms with Crippen LogP contribution in [0.1, 0.15) is 31.9 Å². The SMILES string of the molecule is CC(C)(C)NC[C@H](O)COc1cccc2c1CC=C2. The number of rotatable bonds is 5. The smallest absolute Gasteiger partial charge is 0.123 e. The van der Waals surface area contributed by atoms with Gasteiger partial charge >= 0.3 is 0 Å². The van der Waals surface area contributed by atoms with E-state index in [1.165, 1.54) is 11.1 Å². The van der Waals surface area contributed by atoms with Crippen molar-refractivity contribution in [2.24, 2.45) is 0 Å².